The average Bonchev–Trinajstić information content (AvgIpc) is 3.17. The molecular weight excluding hydrogens is 356 g/mol. The largest absolute Gasteiger partial charge is 0.361 e. The Bertz CT molecular complexity index is 1060. The number of quaternary nitrogens is 2. The van der Waals surface area contributed by atoms with E-state index in [-0.39, 0.29) is 0 Å². The van der Waals surface area contributed by atoms with Gasteiger partial charge in [-0.3, -0.25) is 0 Å². The molecule has 0 unspecified atom stereocenters. The molecular formula is C25H34N4+2. The Morgan fingerprint density at radius 1 is 0.621 bits per heavy atom. The Kier molecular flexibility index (Phi) is 4.80. The number of fused-ring (bicyclic) bond motifs is 2. The topological polar surface area (TPSA) is 31.6 Å². The predicted molar refractivity (Wildman–Crippen MR) is 123 cm³/mol. The summed E-state index contributed by atoms with van der Waals surface area (Å²) in [5.41, 5.74) is 7.93. The third-order valence-corrected chi connectivity index (χ3v) is 5.36. The molecule has 2 aromatic carbocycles. The van der Waals surface area contributed by atoms with Crippen molar-refractivity contribution in [3.8, 4) is 0 Å². The van der Waals surface area contributed by atoms with Gasteiger partial charge in [0.05, 0.1) is 42.3 Å². The van der Waals surface area contributed by atoms with Gasteiger partial charge >= 0.3 is 0 Å². The van der Waals surface area contributed by atoms with Gasteiger partial charge in [0, 0.05) is 51.7 Å². The maximum absolute atomic E-state index is 3.46. The van der Waals surface area contributed by atoms with Crippen LogP contribution in [0.4, 0.5) is 0 Å². The predicted octanol–water partition coefficient (Wildman–Crippen LogP) is 4.65. The molecule has 4 aromatic rings. The first kappa shape index (κ1) is 19.7. The van der Waals surface area contributed by atoms with Crippen molar-refractivity contribution in [2.45, 2.75) is 19.5 Å². The zero-order valence-corrected chi connectivity index (χ0v) is 18.6. The van der Waals surface area contributed by atoms with Crippen LogP contribution in [0.1, 0.15) is 22.3 Å². The molecule has 2 N–H and O–H groups in total. The van der Waals surface area contributed by atoms with Crippen molar-refractivity contribution in [3.05, 3.63) is 71.0 Å². The lowest BCUT2D eigenvalue weighted by atomic mass is 10.0. The number of aromatic nitrogens is 2. The van der Waals surface area contributed by atoms with E-state index in [1.54, 1.807) is 0 Å². The van der Waals surface area contributed by atoms with Crippen molar-refractivity contribution < 1.29 is 8.97 Å². The van der Waals surface area contributed by atoms with E-state index in [0.29, 0.717) is 0 Å². The van der Waals surface area contributed by atoms with Crippen molar-refractivity contribution in [2.75, 3.05) is 42.3 Å². The van der Waals surface area contributed by atoms with Gasteiger partial charge < -0.3 is 18.9 Å². The van der Waals surface area contributed by atoms with Gasteiger partial charge in [-0.25, -0.2) is 0 Å². The van der Waals surface area contributed by atoms with E-state index in [4.69, 9.17) is 0 Å². The van der Waals surface area contributed by atoms with Gasteiger partial charge in [0.2, 0.25) is 0 Å². The fourth-order valence-electron chi connectivity index (χ4n) is 4.24. The van der Waals surface area contributed by atoms with Gasteiger partial charge in [-0.15, -0.1) is 0 Å². The van der Waals surface area contributed by atoms with Crippen LogP contribution in [-0.2, 0) is 19.5 Å². The summed E-state index contributed by atoms with van der Waals surface area (Å²) in [6.07, 6.45) is 5.28. The lowest BCUT2D eigenvalue weighted by molar-refractivity contribution is -0.884. The van der Waals surface area contributed by atoms with Gasteiger partial charge in [-0.1, -0.05) is 12.1 Å². The smallest absolute Gasteiger partial charge is 0.104 e. The summed E-state index contributed by atoms with van der Waals surface area (Å²) >= 11 is 0. The summed E-state index contributed by atoms with van der Waals surface area (Å²) in [7, 11) is 13.4. The quantitative estimate of drug-likeness (QED) is 0.449. The molecule has 2 heterocycles. The summed E-state index contributed by atoms with van der Waals surface area (Å²) in [6, 6.07) is 13.7. The average molecular weight is 391 g/mol. The molecule has 0 saturated carbocycles. The molecule has 0 atom stereocenters. The number of hydrogen-bond donors (Lipinski definition) is 2. The zero-order valence-electron chi connectivity index (χ0n) is 18.6. The fraction of sp³-hybridized carbons (Fsp3) is 0.360. The summed E-state index contributed by atoms with van der Waals surface area (Å²) in [5.74, 6) is 0. The van der Waals surface area contributed by atoms with E-state index in [1.807, 2.05) is 0 Å². The Hall–Kier alpha value is -2.56. The minimum atomic E-state index is 0.932. The maximum Gasteiger partial charge on any atom is 0.104 e. The van der Waals surface area contributed by atoms with Crippen LogP contribution in [0, 0.1) is 0 Å². The van der Waals surface area contributed by atoms with Crippen LogP contribution in [0.5, 0.6) is 0 Å². The Labute approximate surface area is 173 Å². The number of rotatable bonds is 6. The summed E-state index contributed by atoms with van der Waals surface area (Å²) in [4.78, 5) is 6.93. The van der Waals surface area contributed by atoms with Gasteiger partial charge in [0.1, 0.15) is 13.1 Å². The summed E-state index contributed by atoms with van der Waals surface area (Å²) in [6.45, 7) is 2.06. The van der Waals surface area contributed by atoms with Crippen LogP contribution in [-0.4, -0.2) is 61.2 Å². The first-order chi connectivity index (χ1) is 13.6. The third kappa shape index (κ3) is 4.55. The highest BCUT2D eigenvalue weighted by Gasteiger charge is 2.14. The lowest BCUT2D eigenvalue weighted by Gasteiger charge is -2.24. The highest BCUT2D eigenvalue weighted by Crippen LogP contribution is 2.27. The van der Waals surface area contributed by atoms with E-state index in [2.05, 4.69) is 101 Å². The molecule has 4 nitrogen and oxygen atoms in total. The Balaban J connectivity index is 1.68. The highest BCUT2D eigenvalue weighted by atomic mass is 15.3. The molecule has 0 aliphatic rings. The minimum absolute atomic E-state index is 0.932. The second kappa shape index (κ2) is 7.05. The second-order valence-electron chi connectivity index (χ2n) is 10.5. The van der Waals surface area contributed by atoms with Crippen LogP contribution in [0.15, 0.2) is 48.8 Å². The van der Waals surface area contributed by atoms with Gasteiger partial charge in [0.15, 0.2) is 0 Å². The summed E-state index contributed by atoms with van der Waals surface area (Å²) in [5, 5.41) is 2.68. The third-order valence-electron chi connectivity index (χ3n) is 5.36. The highest BCUT2D eigenvalue weighted by molar-refractivity contribution is 5.87. The number of aromatic amines is 2. The molecule has 0 bridgehead atoms. The molecule has 0 saturated heterocycles. The van der Waals surface area contributed by atoms with Gasteiger partial charge in [-0.05, 0) is 35.4 Å². The molecule has 152 valence electrons. The molecule has 2 aromatic heterocycles. The number of H-pyrrole nitrogens is 2. The molecule has 0 amide bonds. The van der Waals surface area contributed by atoms with Crippen LogP contribution in [0.3, 0.4) is 0 Å². The number of nitrogens with one attached hydrogen (secondary N) is 2. The molecule has 0 spiro atoms. The van der Waals surface area contributed by atoms with Crippen molar-refractivity contribution in [2.24, 2.45) is 0 Å². The molecule has 29 heavy (non-hydrogen) atoms. The van der Waals surface area contributed by atoms with E-state index in [1.165, 1.54) is 44.1 Å². The summed E-state index contributed by atoms with van der Waals surface area (Å²) < 4.78 is 1.87. The Morgan fingerprint density at radius 2 is 1.03 bits per heavy atom. The SMILES string of the molecule is C[N+](C)(C)Cc1ccc2[nH]cc(Cc3c[nH]c4ccc(C[N+](C)(C)C)cc34)c2c1. The first-order valence-corrected chi connectivity index (χ1v) is 10.4. The standard InChI is InChI=1S/C25H34N4/c1-28(2,3)16-18-7-9-24-22(11-18)20(14-26-24)13-21-15-27-25-10-8-19(12-23(21)25)17-29(4,5)6/h7-12,14-15,26-27H,13,16-17H2,1-6H3/q+2. The molecule has 0 fully saturated rings. The van der Waals surface area contributed by atoms with Crippen molar-refractivity contribution in [1.29, 1.82) is 0 Å². The van der Waals surface area contributed by atoms with Gasteiger partial charge in [-0.2, -0.15) is 0 Å². The second-order valence-corrected chi connectivity index (χ2v) is 10.5. The van der Waals surface area contributed by atoms with E-state index >= 15 is 0 Å². The molecule has 4 heteroatoms. The van der Waals surface area contributed by atoms with Crippen LogP contribution >= 0.6 is 0 Å². The zero-order chi connectivity index (χ0) is 20.8. The van der Waals surface area contributed by atoms with Crippen molar-refractivity contribution in [3.63, 3.8) is 0 Å². The first-order valence-electron chi connectivity index (χ1n) is 10.4. The van der Waals surface area contributed by atoms with Crippen LogP contribution in [0.25, 0.3) is 21.8 Å². The lowest BCUT2D eigenvalue weighted by Crippen LogP contribution is -2.33. The molecule has 4 rings (SSSR count). The van der Waals surface area contributed by atoms with Crippen molar-refractivity contribution >= 4 is 21.8 Å². The Morgan fingerprint density at radius 3 is 1.41 bits per heavy atom. The molecule has 0 aliphatic carbocycles. The molecule has 0 radical (unpaired) electrons. The molecule has 0 aliphatic heterocycles. The van der Waals surface area contributed by atoms with E-state index < -0.39 is 0 Å². The monoisotopic (exact) mass is 390 g/mol. The maximum atomic E-state index is 3.46. The fourth-order valence-corrected chi connectivity index (χ4v) is 4.24. The number of nitrogens with zero attached hydrogens (tertiary/aromatic N) is 2. The van der Waals surface area contributed by atoms with Gasteiger partial charge in [0.25, 0.3) is 0 Å². The normalized spacial score (nSPS) is 12.9. The number of benzene rings is 2. The van der Waals surface area contributed by atoms with E-state index in [0.717, 1.165) is 28.5 Å². The van der Waals surface area contributed by atoms with Crippen LogP contribution in [0.2, 0.25) is 0 Å². The van der Waals surface area contributed by atoms with Crippen molar-refractivity contribution in [1.82, 2.24) is 9.97 Å². The van der Waals surface area contributed by atoms with E-state index in [9.17, 15) is 0 Å². The van der Waals surface area contributed by atoms with Crippen LogP contribution < -0.4 is 0 Å². The minimum Gasteiger partial charge on any atom is -0.361 e. The number of hydrogen-bond acceptors (Lipinski definition) is 0.